The summed E-state index contributed by atoms with van der Waals surface area (Å²) >= 11 is 0. The van der Waals surface area contributed by atoms with E-state index >= 15 is 0 Å². The van der Waals surface area contributed by atoms with Crippen molar-refractivity contribution in [3.8, 4) is 0 Å². The molecule has 0 spiro atoms. The SMILES string of the molecule is CC/C=C\C/C=C\C/C=C\C/C=C\CCCCCCCCC(=O)OC1C(OCC(COC(=O)CCCCCCCCC/C=C\CCCCCCCC)OC(=O)CCCCCCC/C=C\CCCCCC)OC(C(=O)O)C(O)C1O. The number of rotatable bonds is 54. The fourth-order valence-corrected chi connectivity index (χ4v) is 9.35. The summed E-state index contributed by atoms with van der Waals surface area (Å²) in [6.07, 6.45) is 57.1. The Balaban J connectivity index is 2.66. The van der Waals surface area contributed by atoms with E-state index in [9.17, 15) is 34.5 Å². The molecule has 0 bridgehead atoms. The van der Waals surface area contributed by atoms with Gasteiger partial charge in [0.25, 0.3) is 0 Å². The molecule has 1 fully saturated rings. The quantitative estimate of drug-likeness (QED) is 0.0228. The fourth-order valence-electron chi connectivity index (χ4n) is 9.35. The van der Waals surface area contributed by atoms with Crippen LogP contribution < -0.4 is 0 Å². The van der Waals surface area contributed by atoms with Gasteiger partial charge in [-0.15, -0.1) is 0 Å². The molecule has 454 valence electrons. The number of carboxylic acid groups (broad SMARTS) is 1. The third kappa shape index (κ3) is 44.5. The fraction of sp³-hybridized carbons (Fsp3) is 0.761. The normalized spacial score (nSPS) is 18.3. The first-order chi connectivity index (χ1) is 38.6. The van der Waals surface area contributed by atoms with Crippen molar-refractivity contribution >= 4 is 23.9 Å². The Labute approximate surface area is 480 Å². The van der Waals surface area contributed by atoms with E-state index in [2.05, 4.69) is 93.7 Å². The number of aliphatic hydroxyl groups is 2. The van der Waals surface area contributed by atoms with Gasteiger partial charge in [-0.05, 0) is 109 Å². The zero-order chi connectivity index (χ0) is 57.5. The molecule has 12 heteroatoms. The number of unbranched alkanes of at least 4 members (excludes halogenated alkanes) is 28. The molecule has 6 atom stereocenters. The first kappa shape index (κ1) is 73.2. The first-order valence-corrected chi connectivity index (χ1v) is 31.9. The Kier molecular flexibility index (Phi) is 50.7. The van der Waals surface area contributed by atoms with Crippen LogP contribution in [0.3, 0.4) is 0 Å². The number of aliphatic carboxylic acids is 1. The second-order valence-electron chi connectivity index (χ2n) is 21.7. The van der Waals surface area contributed by atoms with Crippen molar-refractivity contribution in [3.05, 3.63) is 72.9 Å². The van der Waals surface area contributed by atoms with Crippen LogP contribution in [0.1, 0.15) is 278 Å². The van der Waals surface area contributed by atoms with Gasteiger partial charge in [0.2, 0.25) is 0 Å². The lowest BCUT2D eigenvalue weighted by Gasteiger charge is -2.40. The topological polar surface area (TPSA) is 175 Å². The van der Waals surface area contributed by atoms with Gasteiger partial charge in [-0.2, -0.15) is 0 Å². The molecular formula is C67H114O12. The maximum atomic E-state index is 13.2. The smallest absolute Gasteiger partial charge is 0.335 e. The number of carbonyl (C=O) groups excluding carboxylic acids is 3. The number of ether oxygens (including phenoxy) is 5. The highest BCUT2D eigenvalue weighted by Crippen LogP contribution is 2.26. The van der Waals surface area contributed by atoms with E-state index in [1.807, 2.05) is 0 Å². The molecule has 0 radical (unpaired) electrons. The zero-order valence-electron chi connectivity index (χ0n) is 50.1. The van der Waals surface area contributed by atoms with Crippen LogP contribution in [0.2, 0.25) is 0 Å². The second kappa shape index (κ2) is 54.7. The van der Waals surface area contributed by atoms with Gasteiger partial charge in [-0.3, -0.25) is 14.4 Å². The van der Waals surface area contributed by atoms with Crippen LogP contribution in [0.15, 0.2) is 72.9 Å². The van der Waals surface area contributed by atoms with Gasteiger partial charge < -0.3 is 39.0 Å². The van der Waals surface area contributed by atoms with Gasteiger partial charge in [0.1, 0.15) is 18.8 Å². The van der Waals surface area contributed by atoms with Crippen molar-refractivity contribution < 1.29 is 58.2 Å². The first-order valence-electron chi connectivity index (χ1n) is 31.9. The summed E-state index contributed by atoms with van der Waals surface area (Å²) in [6.45, 7) is 5.87. The summed E-state index contributed by atoms with van der Waals surface area (Å²) in [5.74, 6) is -3.14. The van der Waals surface area contributed by atoms with Gasteiger partial charge in [-0.1, -0.05) is 222 Å². The van der Waals surface area contributed by atoms with Crippen LogP contribution in [0.5, 0.6) is 0 Å². The van der Waals surface area contributed by atoms with E-state index in [4.69, 9.17) is 23.7 Å². The van der Waals surface area contributed by atoms with Crippen LogP contribution in [0.25, 0.3) is 0 Å². The second-order valence-corrected chi connectivity index (χ2v) is 21.7. The van der Waals surface area contributed by atoms with E-state index < -0.39 is 67.3 Å². The molecule has 1 aliphatic heterocycles. The predicted octanol–water partition coefficient (Wildman–Crippen LogP) is 16.9. The molecule has 1 saturated heterocycles. The zero-order valence-corrected chi connectivity index (χ0v) is 50.1. The molecule has 1 rings (SSSR count). The summed E-state index contributed by atoms with van der Waals surface area (Å²) in [7, 11) is 0. The average molecular weight is 1110 g/mol. The molecule has 79 heavy (non-hydrogen) atoms. The molecule has 0 aromatic carbocycles. The molecule has 0 saturated carbocycles. The van der Waals surface area contributed by atoms with Crippen molar-refractivity contribution in [2.75, 3.05) is 13.2 Å². The Morgan fingerprint density at radius 1 is 0.430 bits per heavy atom. The number of hydrogen-bond acceptors (Lipinski definition) is 11. The number of carboxylic acids is 1. The molecule has 12 nitrogen and oxygen atoms in total. The standard InChI is InChI=1S/C67H114O12/c1-4-7-10-13-16-19-22-25-27-29-30-32-34-37-40-43-46-49-52-55-61(70)78-65-63(72)62(71)64(66(73)74)79-67(65)76-57-58(77-60(69)54-51-48-45-42-39-35-24-21-18-15-12-9-6-3)56-75-59(68)53-50-47-44-41-38-36-33-31-28-26-23-20-17-14-11-8-5-2/h7,10,16,19,21,24-28,30,32,58,62-65,67,71-72H,4-6,8-9,11-15,17-18,20,22-23,29,31,33-57H2,1-3H3,(H,73,74)/b10-7-,19-16-,24-21-,27-25-,28-26-,32-30-. The summed E-state index contributed by atoms with van der Waals surface area (Å²) in [4.78, 5) is 51.3. The Hall–Kier alpha value is -3.84. The monoisotopic (exact) mass is 1110 g/mol. The molecular weight excluding hydrogens is 997 g/mol. The third-order valence-corrected chi connectivity index (χ3v) is 14.2. The van der Waals surface area contributed by atoms with Crippen LogP contribution >= 0.6 is 0 Å². The highest BCUT2D eigenvalue weighted by molar-refractivity contribution is 5.74. The lowest BCUT2D eigenvalue weighted by Crippen LogP contribution is -2.61. The molecule has 0 aliphatic carbocycles. The highest BCUT2D eigenvalue weighted by atomic mass is 16.7. The number of aliphatic hydroxyl groups excluding tert-OH is 2. The van der Waals surface area contributed by atoms with Crippen LogP contribution in [-0.2, 0) is 42.9 Å². The number of hydrogen-bond donors (Lipinski definition) is 3. The van der Waals surface area contributed by atoms with Gasteiger partial charge >= 0.3 is 23.9 Å². The van der Waals surface area contributed by atoms with Crippen LogP contribution in [0, 0.1) is 0 Å². The third-order valence-electron chi connectivity index (χ3n) is 14.2. The van der Waals surface area contributed by atoms with Gasteiger partial charge in [0.15, 0.2) is 24.6 Å². The molecule has 3 N–H and O–H groups in total. The maximum absolute atomic E-state index is 13.2. The lowest BCUT2D eigenvalue weighted by atomic mass is 9.98. The number of allylic oxidation sites excluding steroid dienone is 12. The average Bonchev–Trinajstić information content (AvgIpc) is 3.46. The molecule has 0 amide bonds. The van der Waals surface area contributed by atoms with Gasteiger partial charge in [-0.25, -0.2) is 4.79 Å². The van der Waals surface area contributed by atoms with Crippen molar-refractivity contribution in [1.82, 2.24) is 0 Å². The van der Waals surface area contributed by atoms with E-state index in [0.717, 1.165) is 128 Å². The van der Waals surface area contributed by atoms with Crippen LogP contribution in [-0.4, -0.2) is 89.2 Å². The molecule has 0 aromatic rings. The highest BCUT2D eigenvalue weighted by Gasteiger charge is 2.50. The minimum absolute atomic E-state index is 0.0417. The maximum Gasteiger partial charge on any atom is 0.335 e. The Morgan fingerprint density at radius 3 is 1.24 bits per heavy atom. The van der Waals surface area contributed by atoms with E-state index in [1.165, 1.54) is 89.9 Å². The summed E-state index contributed by atoms with van der Waals surface area (Å²) in [5.41, 5.74) is 0. The minimum atomic E-state index is -1.91. The van der Waals surface area contributed by atoms with Gasteiger partial charge in [0.05, 0.1) is 6.61 Å². The van der Waals surface area contributed by atoms with Crippen LogP contribution in [0.4, 0.5) is 0 Å². The summed E-state index contributed by atoms with van der Waals surface area (Å²) in [5, 5.41) is 31.6. The Morgan fingerprint density at radius 2 is 0.797 bits per heavy atom. The van der Waals surface area contributed by atoms with Crippen molar-refractivity contribution in [2.45, 2.75) is 314 Å². The minimum Gasteiger partial charge on any atom is -0.479 e. The number of esters is 3. The molecule has 1 heterocycles. The van der Waals surface area contributed by atoms with E-state index in [-0.39, 0.29) is 25.9 Å². The molecule has 1 aliphatic rings. The number of carbonyl (C=O) groups is 4. The van der Waals surface area contributed by atoms with Gasteiger partial charge in [0, 0.05) is 19.3 Å². The van der Waals surface area contributed by atoms with E-state index in [0.29, 0.717) is 19.3 Å². The molecule has 0 aromatic heterocycles. The summed E-state index contributed by atoms with van der Waals surface area (Å²) < 4.78 is 28.5. The predicted molar refractivity (Wildman–Crippen MR) is 322 cm³/mol. The van der Waals surface area contributed by atoms with E-state index in [1.54, 1.807) is 0 Å². The largest absolute Gasteiger partial charge is 0.479 e. The lowest BCUT2D eigenvalue weighted by molar-refractivity contribution is -0.301. The summed E-state index contributed by atoms with van der Waals surface area (Å²) in [6, 6.07) is 0. The van der Waals surface area contributed by atoms with Crippen molar-refractivity contribution in [2.24, 2.45) is 0 Å². The molecule has 6 unspecified atom stereocenters. The van der Waals surface area contributed by atoms with Crippen molar-refractivity contribution in [3.63, 3.8) is 0 Å². The van der Waals surface area contributed by atoms with Crippen molar-refractivity contribution in [1.29, 1.82) is 0 Å². The Bertz CT molecular complexity index is 1650.